The molecule has 0 bridgehead atoms. The first-order valence-electron chi connectivity index (χ1n) is 8.94. The molecule has 0 radical (unpaired) electrons. The highest BCUT2D eigenvalue weighted by Crippen LogP contribution is 2.21. The first-order valence-corrected chi connectivity index (χ1v) is 8.94. The molecule has 0 N–H and O–H groups in total. The number of aryl methyl sites for hydroxylation is 2. The SMILES string of the molecule is Cc1cc(-n2c(C)cc(C(=O)CN3CCCCCCC3)c2C)no1. The highest BCUT2D eigenvalue weighted by Gasteiger charge is 2.20. The van der Waals surface area contributed by atoms with Gasteiger partial charge in [0.2, 0.25) is 0 Å². The lowest BCUT2D eigenvalue weighted by Gasteiger charge is -2.23. The van der Waals surface area contributed by atoms with Crippen LogP contribution in [0.4, 0.5) is 0 Å². The zero-order valence-electron chi connectivity index (χ0n) is 15.0. The molecule has 0 unspecified atom stereocenters. The van der Waals surface area contributed by atoms with Crippen LogP contribution in [0.25, 0.3) is 5.82 Å². The number of ketones is 1. The van der Waals surface area contributed by atoms with Crippen LogP contribution in [0.1, 0.15) is 59.6 Å². The lowest BCUT2D eigenvalue weighted by Crippen LogP contribution is -2.32. The lowest BCUT2D eigenvalue weighted by molar-refractivity contribution is 0.0923. The molecule has 3 heterocycles. The number of rotatable bonds is 4. The van der Waals surface area contributed by atoms with E-state index in [4.69, 9.17) is 4.52 Å². The molecule has 5 nitrogen and oxygen atoms in total. The van der Waals surface area contributed by atoms with Crippen LogP contribution in [-0.2, 0) is 0 Å². The zero-order chi connectivity index (χ0) is 17.1. The van der Waals surface area contributed by atoms with E-state index in [0.29, 0.717) is 6.54 Å². The smallest absolute Gasteiger partial charge is 0.180 e. The Morgan fingerprint density at radius 3 is 2.38 bits per heavy atom. The van der Waals surface area contributed by atoms with Gasteiger partial charge in [-0.3, -0.25) is 14.3 Å². The Morgan fingerprint density at radius 1 is 1.08 bits per heavy atom. The van der Waals surface area contributed by atoms with Crippen LogP contribution in [0.5, 0.6) is 0 Å². The molecular formula is C19H27N3O2. The molecule has 0 aromatic carbocycles. The second-order valence-corrected chi connectivity index (χ2v) is 6.88. The highest BCUT2D eigenvalue weighted by atomic mass is 16.5. The van der Waals surface area contributed by atoms with Crippen molar-refractivity contribution in [2.75, 3.05) is 19.6 Å². The standard InChI is InChI=1S/C19H27N3O2/c1-14-11-17(16(3)22(14)19-12-15(2)24-20-19)18(23)13-21-9-7-5-4-6-8-10-21/h11-12H,4-10,13H2,1-3H3. The maximum Gasteiger partial charge on any atom is 0.180 e. The van der Waals surface area contributed by atoms with Crippen LogP contribution in [0.2, 0.25) is 0 Å². The summed E-state index contributed by atoms with van der Waals surface area (Å²) in [6, 6.07) is 3.87. The summed E-state index contributed by atoms with van der Waals surface area (Å²) in [7, 11) is 0. The Kier molecular flexibility index (Phi) is 5.19. The van der Waals surface area contributed by atoms with Crippen molar-refractivity contribution in [3.05, 3.63) is 34.8 Å². The van der Waals surface area contributed by atoms with Crippen molar-refractivity contribution >= 4 is 5.78 Å². The first-order chi connectivity index (χ1) is 11.6. The lowest BCUT2D eigenvalue weighted by atomic mass is 10.1. The van der Waals surface area contributed by atoms with E-state index < -0.39 is 0 Å². The van der Waals surface area contributed by atoms with Crippen molar-refractivity contribution in [2.45, 2.75) is 52.9 Å². The van der Waals surface area contributed by atoms with Gasteiger partial charge in [-0.1, -0.05) is 24.4 Å². The van der Waals surface area contributed by atoms with E-state index in [9.17, 15) is 4.79 Å². The minimum atomic E-state index is 0.204. The van der Waals surface area contributed by atoms with Gasteiger partial charge < -0.3 is 4.52 Å². The van der Waals surface area contributed by atoms with Crippen molar-refractivity contribution in [3.63, 3.8) is 0 Å². The molecule has 2 aromatic rings. The summed E-state index contributed by atoms with van der Waals surface area (Å²) in [6.45, 7) is 8.45. The van der Waals surface area contributed by atoms with Gasteiger partial charge in [-0.2, -0.15) is 0 Å². The van der Waals surface area contributed by atoms with Crippen LogP contribution in [0.15, 0.2) is 16.7 Å². The van der Waals surface area contributed by atoms with Crippen molar-refractivity contribution in [2.24, 2.45) is 0 Å². The van der Waals surface area contributed by atoms with Crippen LogP contribution in [-0.4, -0.2) is 40.0 Å². The number of Topliss-reactive ketones (excluding diaryl/α,β-unsaturated/α-hetero) is 1. The molecule has 0 aliphatic carbocycles. The van der Waals surface area contributed by atoms with Gasteiger partial charge in [-0.05, 0) is 52.8 Å². The molecule has 3 rings (SSSR count). The average molecular weight is 329 g/mol. The van der Waals surface area contributed by atoms with E-state index >= 15 is 0 Å². The minimum Gasteiger partial charge on any atom is -0.360 e. The highest BCUT2D eigenvalue weighted by molar-refractivity contribution is 5.99. The van der Waals surface area contributed by atoms with Gasteiger partial charge in [0, 0.05) is 23.0 Å². The molecule has 24 heavy (non-hydrogen) atoms. The Morgan fingerprint density at radius 2 is 1.75 bits per heavy atom. The van der Waals surface area contributed by atoms with Crippen LogP contribution in [0, 0.1) is 20.8 Å². The van der Waals surface area contributed by atoms with Crippen LogP contribution in [0.3, 0.4) is 0 Å². The molecule has 2 aromatic heterocycles. The van der Waals surface area contributed by atoms with Crippen LogP contribution >= 0.6 is 0 Å². The minimum absolute atomic E-state index is 0.204. The molecule has 1 fully saturated rings. The van der Waals surface area contributed by atoms with Gasteiger partial charge in [0.1, 0.15) is 5.76 Å². The summed E-state index contributed by atoms with van der Waals surface area (Å²) in [5, 5.41) is 4.09. The summed E-state index contributed by atoms with van der Waals surface area (Å²) in [5.74, 6) is 1.72. The molecule has 1 saturated heterocycles. The summed E-state index contributed by atoms with van der Waals surface area (Å²) in [4.78, 5) is 15.1. The van der Waals surface area contributed by atoms with E-state index in [2.05, 4.69) is 10.1 Å². The second kappa shape index (κ2) is 7.34. The summed E-state index contributed by atoms with van der Waals surface area (Å²) in [6.07, 6.45) is 6.30. The number of nitrogens with zero attached hydrogens (tertiary/aromatic N) is 3. The Balaban J connectivity index is 1.77. The third-order valence-corrected chi connectivity index (χ3v) is 4.89. The quantitative estimate of drug-likeness (QED) is 0.800. The third kappa shape index (κ3) is 3.61. The van der Waals surface area contributed by atoms with Crippen molar-refractivity contribution < 1.29 is 9.32 Å². The second-order valence-electron chi connectivity index (χ2n) is 6.88. The summed E-state index contributed by atoms with van der Waals surface area (Å²) in [5.41, 5.74) is 2.75. The van der Waals surface area contributed by atoms with Crippen LogP contribution < -0.4 is 0 Å². The Labute approximate surface area is 143 Å². The monoisotopic (exact) mass is 329 g/mol. The number of carbonyl (C=O) groups excluding carboxylic acids is 1. The van der Waals surface area contributed by atoms with Gasteiger partial charge >= 0.3 is 0 Å². The fourth-order valence-corrected chi connectivity index (χ4v) is 3.62. The van der Waals surface area contributed by atoms with E-state index in [-0.39, 0.29) is 5.78 Å². The maximum atomic E-state index is 12.8. The predicted octanol–water partition coefficient (Wildman–Crippen LogP) is 3.84. The molecule has 5 heteroatoms. The summed E-state index contributed by atoms with van der Waals surface area (Å²) < 4.78 is 7.18. The molecular weight excluding hydrogens is 302 g/mol. The van der Waals surface area contributed by atoms with E-state index in [1.165, 1.54) is 32.1 Å². The number of carbonyl (C=O) groups is 1. The average Bonchev–Trinajstić information content (AvgIpc) is 3.05. The number of likely N-dealkylation sites (tertiary alicyclic amines) is 1. The van der Waals surface area contributed by atoms with Gasteiger partial charge in [-0.25, -0.2) is 0 Å². The number of aromatic nitrogens is 2. The molecule has 1 aliphatic heterocycles. The molecule has 0 amide bonds. The number of hydrogen-bond donors (Lipinski definition) is 0. The van der Waals surface area contributed by atoms with Gasteiger partial charge in [0.05, 0.1) is 6.54 Å². The maximum absolute atomic E-state index is 12.8. The van der Waals surface area contributed by atoms with E-state index in [0.717, 1.165) is 41.6 Å². The zero-order valence-corrected chi connectivity index (χ0v) is 15.0. The topological polar surface area (TPSA) is 51.3 Å². The normalized spacial score (nSPS) is 16.8. The molecule has 0 spiro atoms. The fourth-order valence-electron chi connectivity index (χ4n) is 3.62. The third-order valence-electron chi connectivity index (χ3n) is 4.89. The van der Waals surface area contributed by atoms with E-state index in [1.54, 1.807) is 0 Å². The van der Waals surface area contributed by atoms with Crippen molar-refractivity contribution in [3.8, 4) is 5.82 Å². The van der Waals surface area contributed by atoms with Crippen molar-refractivity contribution in [1.82, 2.24) is 14.6 Å². The number of hydrogen-bond acceptors (Lipinski definition) is 4. The van der Waals surface area contributed by atoms with E-state index in [1.807, 2.05) is 37.5 Å². The van der Waals surface area contributed by atoms with Crippen molar-refractivity contribution in [1.29, 1.82) is 0 Å². The Hall–Kier alpha value is -1.88. The van der Waals surface area contributed by atoms with Gasteiger partial charge in [0.15, 0.2) is 11.6 Å². The van der Waals surface area contributed by atoms with Gasteiger partial charge in [0.25, 0.3) is 0 Å². The molecule has 1 aliphatic rings. The predicted molar refractivity (Wildman–Crippen MR) is 93.9 cm³/mol. The first kappa shape index (κ1) is 17.0. The Bertz CT molecular complexity index is 706. The van der Waals surface area contributed by atoms with Gasteiger partial charge in [-0.15, -0.1) is 0 Å². The molecule has 130 valence electrons. The fraction of sp³-hybridized carbons (Fsp3) is 0.579. The molecule has 0 saturated carbocycles. The molecule has 0 atom stereocenters. The summed E-state index contributed by atoms with van der Waals surface area (Å²) >= 11 is 0. The largest absolute Gasteiger partial charge is 0.360 e.